The van der Waals surface area contributed by atoms with Crippen LogP contribution in [0.4, 0.5) is 0 Å². The van der Waals surface area contributed by atoms with E-state index in [-0.39, 0.29) is 59.1 Å². The van der Waals surface area contributed by atoms with Gasteiger partial charge in [-0.15, -0.1) is 0 Å². The van der Waals surface area contributed by atoms with Crippen LogP contribution in [0.25, 0.3) is 0 Å². The van der Waals surface area contributed by atoms with E-state index in [2.05, 4.69) is 18.6 Å². The fourth-order valence-corrected chi connectivity index (χ4v) is 2.88. The summed E-state index contributed by atoms with van der Waals surface area (Å²) in [6.07, 6.45) is 4.45. The molecule has 0 unspecified atom stereocenters. The Hall–Kier alpha value is 2.65. The second-order valence-electron chi connectivity index (χ2n) is 2.31. The van der Waals surface area contributed by atoms with Gasteiger partial charge in [-0.2, -0.15) is 0 Å². The summed E-state index contributed by atoms with van der Waals surface area (Å²) in [5, 5.41) is 0. The van der Waals surface area contributed by atoms with Gasteiger partial charge in [0.2, 0.25) is 0 Å². The number of unbranched alkanes of at least 4 members (excludes halogenated alkanes) is 3. The molecule has 0 saturated carbocycles. The van der Waals surface area contributed by atoms with E-state index < -0.39 is 7.90 Å². The van der Waals surface area contributed by atoms with Gasteiger partial charge >= 0.3 is 59.1 Å². The molecule has 0 fully saturated rings. The number of rotatable bonds is 6. The van der Waals surface area contributed by atoms with Crippen LogP contribution in [0.15, 0.2) is 0 Å². The molecule has 0 aliphatic carbocycles. The van der Waals surface area contributed by atoms with Crippen molar-refractivity contribution in [1.82, 2.24) is 0 Å². The molecule has 0 aromatic carbocycles. The van der Waals surface area contributed by atoms with Crippen LogP contribution in [0.5, 0.6) is 0 Å². The van der Waals surface area contributed by atoms with Crippen molar-refractivity contribution in [1.29, 1.82) is 0 Å². The van der Waals surface area contributed by atoms with Gasteiger partial charge in [-0.25, -0.2) is 8.42 Å². The minimum atomic E-state index is -3.10. The van der Waals surface area contributed by atoms with Crippen molar-refractivity contribution in [2.24, 2.45) is 0 Å². The van der Waals surface area contributed by atoms with E-state index in [4.69, 9.17) is 0 Å². The van der Waals surface area contributed by atoms with Gasteiger partial charge < -0.3 is 0 Å². The van der Waals surface area contributed by atoms with Crippen LogP contribution in [-0.4, -0.2) is 73.3 Å². The van der Waals surface area contributed by atoms with Crippen molar-refractivity contribution in [3.63, 3.8) is 0 Å². The Morgan fingerprint density at radius 1 is 1.15 bits per heavy atom. The third-order valence-corrected chi connectivity index (χ3v) is 4.33. The first kappa shape index (κ1) is 21.0. The topological polar surface area (TPSA) is 34.1 Å². The molecule has 0 atom stereocenters. The van der Waals surface area contributed by atoms with Gasteiger partial charge in [-0.3, -0.25) is 0 Å². The molecule has 0 amide bonds. The van der Waals surface area contributed by atoms with Gasteiger partial charge in [0, 0.05) is 5.75 Å². The Bertz CT molecular complexity index is 182. The van der Waals surface area contributed by atoms with Crippen molar-refractivity contribution in [3.05, 3.63) is 0 Å². The predicted octanol–water partition coefficient (Wildman–Crippen LogP) is 1.18. The van der Waals surface area contributed by atoms with Crippen molar-refractivity contribution >= 4 is 89.5 Å². The van der Waals surface area contributed by atoms with E-state index >= 15 is 0 Å². The third-order valence-electron chi connectivity index (χ3n) is 1.23. The SMILES string of the molecule is CCCCCCSS(=O)(=O)S.[NaH].[NaH]. The number of thiol groups is 1. The summed E-state index contributed by atoms with van der Waals surface area (Å²) in [6, 6.07) is 0. The molecule has 0 rings (SSSR count). The Kier molecular flexibility index (Phi) is 20.5. The van der Waals surface area contributed by atoms with Crippen molar-refractivity contribution < 1.29 is 8.42 Å². The molecule has 0 bridgehead atoms. The van der Waals surface area contributed by atoms with Gasteiger partial charge in [-0.05, 0) is 28.9 Å². The molecule has 2 nitrogen and oxygen atoms in total. The second-order valence-corrected chi connectivity index (χ2v) is 8.02. The summed E-state index contributed by atoms with van der Waals surface area (Å²) in [5.74, 6) is 0.672. The van der Waals surface area contributed by atoms with E-state index in [9.17, 15) is 8.42 Å². The van der Waals surface area contributed by atoms with Crippen LogP contribution in [-0.2, 0) is 7.90 Å². The molecule has 0 saturated heterocycles. The van der Waals surface area contributed by atoms with Crippen LogP contribution >= 0.6 is 22.5 Å². The number of hydrogen-bond acceptors (Lipinski definition) is 3. The van der Waals surface area contributed by atoms with Gasteiger partial charge in [0.1, 0.15) is 0 Å². The Labute approximate surface area is 134 Å². The normalized spacial score (nSPS) is 10.0. The van der Waals surface area contributed by atoms with Crippen molar-refractivity contribution in [2.75, 3.05) is 5.75 Å². The summed E-state index contributed by atoms with van der Waals surface area (Å²) in [6.45, 7) is 2.13. The van der Waals surface area contributed by atoms with E-state index in [1.54, 1.807) is 0 Å². The molecule has 0 aliphatic rings. The van der Waals surface area contributed by atoms with Crippen molar-refractivity contribution in [3.8, 4) is 0 Å². The van der Waals surface area contributed by atoms with E-state index in [0.29, 0.717) is 5.75 Å². The van der Waals surface area contributed by atoms with E-state index in [1.165, 1.54) is 12.8 Å². The molecule has 7 heteroatoms. The molecule has 72 valence electrons. The summed E-state index contributed by atoms with van der Waals surface area (Å²) in [5.41, 5.74) is 0. The van der Waals surface area contributed by atoms with Crippen LogP contribution in [0, 0.1) is 0 Å². The molecule has 0 heterocycles. The minimum absolute atomic E-state index is 0. The zero-order chi connectivity index (χ0) is 8.74. The zero-order valence-electron chi connectivity index (χ0n) is 6.62. The monoisotopic (exact) mass is 262 g/mol. The molecule has 0 spiro atoms. The molecular formula is C6H16Na2O2S3. The van der Waals surface area contributed by atoms with Gasteiger partial charge in [0.25, 0.3) is 7.90 Å². The van der Waals surface area contributed by atoms with Gasteiger partial charge in [-0.1, -0.05) is 26.2 Å². The average molecular weight is 262 g/mol. The zero-order valence-corrected chi connectivity index (χ0v) is 9.14. The van der Waals surface area contributed by atoms with Crippen LogP contribution < -0.4 is 0 Å². The first-order valence-corrected chi connectivity index (χ1v) is 7.72. The molecule has 0 aromatic heterocycles. The molecule has 0 radical (unpaired) electrons. The van der Waals surface area contributed by atoms with Crippen molar-refractivity contribution in [2.45, 2.75) is 32.6 Å². The summed E-state index contributed by atoms with van der Waals surface area (Å²) >= 11 is 3.41. The molecule has 0 aromatic rings. The fraction of sp³-hybridized carbons (Fsp3) is 1.00. The molecular weight excluding hydrogens is 246 g/mol. The first-order chi connectivity index (χ1) is 5.06. The van der Waals surface area contributed by atoms with Crippen LogP contribution in [0.2, 0.25) is 0 Å². The number of hydrogen-bond donors (Lipinski definition) is 1. The molecule has 0 aliphatic heterocycles. The van der Waals surface area contributed by atoms with Gasteiger partial charge in [0.05, 0.1) is 0 Å². The maximum absolute atomic E-state index is 10.5. The van der Waals surface area contributed by atoms with Gasteiger partial charge in [0.15, 0.2) is 0 Å². The Morgan fingerprint density at radius 2 is 1.69 bits per heavy atom. The second kappa shape index (κ2) is 12.7. The van der Waals surface area contributed by atoms with E-state index in [0.717, 1.165) is 23.6 Å². The predicted molar refractivity (Wildman–Crippen MR) is 68.8 cm³/mol. The quantitative estimate of drug-likeness (QED) is 0.338. The fourth-order valence-electron chi connectivity index (χ4n) is 0.693. The average Bonchev–Trinajstić information content (AvgIpc) is 1.85. The maximum atomic E-state index is 10.5. The summed E-state index contributed by atoms with van der Waals surface area (Å²) < 4.78 is 21.0. The molecule has 13 heavy (non-hydrogen) atoms. The molecule has 0 N–H and O–H groups in total. The third kappa shape index (κ3) is 20.7. The standard InChI is InChI=1S/C6H14O2S3.2Na.2H/c1-2-3-4-5-6-10-11(7,8)9;;;;/h2-6H2,1H3,(H,7,8,9);;;;. The first-order valence-electron chi connectivity index (χ1n) is 3.68. The Balaban J connectivity index is -0.000000500. The van der Waals surface area contributed by atoms with Crippen LogP contribution in [0.3, 0.4) is 0 Å². The summed E-state index contributed by atoms with van der Waals surface area (Å²) in [7, 11) is -2.18. The summed E-state index contributed by atoms with van der Waals surface area (Å²) in [4.78, 5) is 0. The van der Waals surface area contributed by atoms with E-state index in [1.807, 2.05) is 0 Å². The Morgan fingerprint density at radius 3 is 2.08 bits per heavy atom. The van der Waals surface area contributed by atoms with Crippen LogP contribution in [0.1, 0.15) is 32.6 Å².